The highest BCUT2D eigenvalue weighted by atomic mass is 35.5. The number of hydrogen-bond donors (Lipinski definition) is 0. The highest BCUT2D eigenvalue weighted by Gasteiger charge is 2.42. The summed E-state index contributed by atoms with van der Waals surface area (Å²) in [6.45, 7) is -0.102. The van der Waals surface area contributed by atoms with E-state index in [4.69, 9.17) is 16.9 Å². The van der Waals surface area contributed by atoms with Gasteiger partial charge in [-0.1, -0.05) is 23.7 Å². The molecule has 24 heavy (non-hydrogen) atoms. The molecule has 0 fully saturated rings. The molecule has 3 rings (SSSR count). The predicted molar refractivity (Wildman–Crippen MR) is 83.5 cm³/mol. The zero-order valence-electron chi connectivity index (χ0n) is 12.0. The number of nitro groups is 1. The van der Waals surface area contributed by atoms with Crippen LogP contribution in [0, 0.1) is 21.4 Å². The standard InChI is InChI=1S/C16H8ClN3O4/c17-11-4-5-12(20(23)24)14-13(11)15(21)19(16(14)22)8-10-3-1-2-9(6-10)7-18/h1-6H,8H2. The molecule has 1 aliphatic rings. The molecule has 2 amide bonds. The minimum atomic E-state index is -0.772. The molecule has 0 atom stereocenters. The molecule has 0 aromatic heterocycles. The molecule has 0 saturated heterocycles. The first-order chi connectivity index (χ1) is 11.4. The third-order valence-corrected chi connectivity index (χ3v) is 3.96. The molecule has 1 heterocycles. The summed E-state index contributed by atoms with van der Waals surface area (Å²) in [7, 11) is 0. The Morgan fingerprint density at radius 3 is 2.54 bits per heavy atom. The van der Waals surface area contributed by atoms with E-state index < -0.39 is 22.4 Å². The largest absolute Gasteiger partial charge is 0.283 e. The summed E-state index contributed by atoms with van der Waals surface area (Å²) in [6, 6.07) is 10.7. The molecular weight excluding hydrogens is 334 g/mol. The highest BCUT2D eigenvalue weighted by Crippen LogP contribution is 2.36. The first-order valence-electron chi connectivity index (χ1n) is 6.76. The van der Waals surface area contributed by atoms with Crippen LogP contribution in [0.25, 0.3) is 0 Å². The van der Waals surface area contributed by atoms with Gasteiger partial charge in [0.15, 0.2) is 0 Å². The number of nitro benzene ring substituents is 1. The Morgan fingerprint density at radius 2 is 1.88 bits per heavy atom. The summed E-state index contributed by atoms with van der Waals surface area (Å²) in [5, 5.41) is 20.0. The van der Waals surface area contributed by atoms with Crippen LogP contribution in [-0.2, 0) is 6.54 Å². The summed E-state index contributed by atoms with van der Waals surface area (Å²) in [6.07, 6.45) is 0. The van der Waals surface area contributed by atoms with Gasteiger partial charge in [0, 0.05) is 6.07 Å². The molecule has 0 unspecified atom stereocenters. The molecule has 0 spiro atoms. The number of rotatable bonds is 3. The van der Waals surface area contributed by atoms with E-state index in [1.165, 1.54) is 6.07 Å². The van der Waals surface area contributed by atoms with Crippen LogP contribution in [0.5, 0.6) is 0 Å². The fourth-order valence-corrected chi connectivity index (χ4v) is 2.81. The van der Waals surface area contributed by atoms with E-state index in [1.807, 2.05) is 6.07 Å². The molecule has 0 N–H and O–H groups in total. The van der Waals surface area contributed by atoms with Gasteiger partial charge in [-0.2, -0.15) is 5.26 Å². The van der Waals surface area contributed by atoms with E-state index >= 15 is 0 Å². The topological polar surface area (TPSA) is 104 Å². The van der Waals surface area contributed by atoms with Gasteiger partial charge in [-0.3, -0.25) is 24.6 Å². The second-order valence-corrected chi connectivity index (χ2v) is 5.49. The van der Waals surface area contributed by atoms with Crippen molar-refractivity contribution in [3.63, 3.8) is 0 Å². The average Bonchev–Trinajstić information content (AvgIpc) is 2.81. The van der Waals surface area contributed by atoms with E-state index in [-0.39, 0.29) is 22.7 Å². The van der Waals surface area contributed by atoms with Gasteiger partial charge in [0.2, 0.25) is 0 Å². The molecule has 2 aromatic carbocycles. The Balaban J connectivity index is 2.04. The van der Waals surface area contributed by atoms with Crippen LogP contribution in [-0.4, -0.2) is 21.6 Å². The van der Waals surface area contributed by atoms with Gasteiger partial charge in [-0.15, -0.1) is 0 Å². The average molecular weight is 342 g/mol. The maximum atomic E-state index is 12.5. The summed E-state index contributed by atoms with van der Waals surface area (Å²) >= 11 is 5.96. The zero-order chi connectivity index (χ0) is 17.4. The monoisotopic (exact) mass is 341 g/mol. The van der Waals surface area contributed by atoms with Crippen molar-refractivity contribution in [1.29, 1.82) is 5.26 Å². The first kappa shape index (κ1) is 15.6. The van der Waals surface area contributed by atoms with E-state index in [0.717, 1.165) is 11.0 Å². The van der Waals surface area contributed by atoms with Gasteiger partial charge >= 0.3 is 0 Å². The molecule has 0 aliphatic carbocycles. The van der Waals surface area contributed by atoms with Crippen molar-refractivity contribution in [3.05, 3.63) is 73.8 Å². The molecule has 0 bridgehead atoms. The molecular formula is C16H8ClN3O4. The number of amides is 2. The lowest BCUT2D eigenvalue weighted by Crippen LogP contribution is -2.29. The van der Waals surface area contributed by atoms with Crippen molar-refractivity contribution < 1.29 is 14.5 Å². The van der Waals surface area contributed by atoms with E-state index in [1.54, 1.807) is 24.3 Å². The van der Waals surface area contributed by atoms with Crippen LogP contribution in [0.4, 0.5) is 5.69 Å². The summed E-state index contributed by atoms with van der Waals surface area (Å²) < 4.78 is 0. The van der Waals surface area contributed by atoms with Crippen molar-refractivity contribution >= 4 is 29.1 Å². The number of nitriles is 1. The second kappa shape index (κ2) is 5.76. The summed E-state index contributed by atoms with van der Waals surface area (Å²) in [4.78, 5) is 36.3. The Bertz CT molecular complexity index is 949. The van der Waals surface area contributed by atoms with Gasteiger partial charge in [0.25, 0.3) is 17.5 Å². The van der Waals surface area contributed by atoms with Crippen LogP contribution < -0.4 is 0 Å². The van der Waals surface area contributed by atoms with Crippen molar-refractivity contribution in [1.82, 2.24) is 4.90 Å². The molecule has 118 valence electrons. The van der Waals surface area contributed by atoms with Crippen molar-refractivity contribution in [2.45, 2.75) is 6.54 Å². The van der Waals surface area contributed by atoms with Crippen molar-refractivity contribution in [2.75, 3.05) is 0 Å². The van der Waals surface area contributed by atoms with Gasteiger partial charge in [0.1, 0.15) is 5.56 Å². The fourth-order valence-electron chi connectivity index (χ4n) is 2.57. The van der Waals surface area contributed by atoms with Crippen LogP contribution in [0.2, 0.25) is 5.02 Å². The first-order valence-corrected chi connectivity index (χ1v) is 7.14. The Morgan fingerprint density at radius 1 is 1.17 bits per heavy atom. The van der Waals surface area contributed by atoms with E-state index in [9.17, 15) is 19.7 Å². The zero-order valence-corrected chi connectivity index (χ0v) is 12.8. The summed E-state index contributed by atoms with van der Waals surface area (Å²) in [5.74, 6) is -1.46. The van der Waals surface area contributed by atoms with Gasteiger partial charge in [-0.05, 0) is 23.8 Å². The smallest absolute Gasteiger partial charge is 0.270 e. The number of carbonyl (C=O) groups is 2. The normalized spacial score (nSPS) is 12.9. The number of carbonyl (C=O) groups excluding carboxylic acids is 2. The molecule has 7 nitrogen and oxygen atoms in total. The lowest BCUT2D eigenvalue weighted by atomic mass is 10.1. The van der Waals surface area contributed by atoms with Gasteiger partial charge in [0.05, 0.1) is 33.7 Å². The highest BCUT2D eigenvalue weighted by molar-refractivity contribution is 6.37. The molecule has 1 aliphatic heterocycles. The third kappa shape index (κ3) is 2.39. The second-order valence-electron chi connectivity index (χ2n) is 5.08. The number of nitrogens with zero attached hydrogens (tertiary/aromatic N) is 3. The maximum absolute atomic E-state index is 12.5. The minimum absolute atomic E-state index is 0.0118. The molecule has 8 heteroatoms. The third-order valence-electron chi connectivity index (χ3n) is 3.64. The van der Waals surface area contributed by atoms with Crippen LogP contribution in [0.3, 0.4) is 0 Å². The number of imide groups is 1. The Hall–Kier alpha value is -3.24. The van der Waals surface area contributed by atoms with Crippen molar-refractivity contribution in [3.8, 4) is 6.07 Å². The summed E-state index contributed by atoms with van der Waals surface area (Å²) in [5.41, 5.74) is 0.0257. The van der Waals surface area contributed by atoms with Crippen LogP contribution in [0.15, 0.2) is 36.4 Å². The number of fused-ring (bicyclic) bond motifs is 1. The van der Waals surface area contributed by atoms with Gasteiger partial charge < -0.3 is 0 Å². The van der Waals surface area contributed by atoms with Crippen LogP contribution in [0.1, 0.15) is 31.8 Å². The van der Waals surface area contributed by atoms with E-state index in [2.05, 4.69) is 0 Å². The van der Waals surface area contributed by atoms with Gasteiger partial charge in [-0.25, -0.2) is 0 Å². The van der Waals surface area contributed by atoms with Crippen LogP contribution >= 0.6 is 11.6 Å². The molecule has 2 aromatic rings. The van der Waals surface area contributed by atoms with E-state index in [0.29, 0.717) is 11.1 Å². The molecule has 0 saturated carbocycles. The predicted octanol–water partition coefficient (Wildman–Crippen LogP) is 2.92. The SMILES string of the molecule is N#Cc1cccc(CN2C(=O)c3c(Cl)ccc([N+](=O)[O-])c3C2=O)c1. The lowest BCUT2D eigenvalue weighted by molar-refractivity contribution is -0.385. The quantitative estimate of drug-likeness (QED) is 0.485. The Kier molecular flexibility index (Phi) is 3.75. The van der Waals surface area contributed by atoms with Crippen molar-refractivity contribution in [2.24, 2.45) is 0 Å². The lowest BCUT2D eigenvalue weighted by Gasteiger charge is -2.13. The number of hydrogen-bond acceptors (Lipinski definition) is 5. The number of halogens is 1. The number of benzene rings is 2. The fraction of sp³-hybridized carbons (Fsp3) is 0.0625. The Labute approximate surface area is 140 Å². The molecule has 0 radical (unpaired) electrons. The minimum Gasteiger partial charge on any atom is -0.270 e. The maximum Gasteiger partial charge on any atom is 0.283 e.